The normalized spacial score (nSPS) is 17.1. The van der Waals surface area contributed by atoms with E-state index < -0.39 is 0 Å². The molecule has 0 saturated heterocycles. The minimum absolute atomic E-state index is 0.711. The first-order chi connectivity index (χ1) is 8.33. The Hall–Kier alpha value is -0.820. The van der Waals surface area contributed by atoms with Crippen LogP contribution in [0.3, 0.4) is 0 Å². The van der Waals surface area contributed by atoms with E-state index in [4.69, 9.17) is 0 Å². The van der Waals surface area contributed by atoms with E-state index in [1.54, 1.807) is 0 Å². The van der Waals surface area contributed by atoms with Crippen molar-refractivity contribution in [2.75, 3.05) is 6.54 Å². The molecule has 1 fully saturated rings. The minimum atomic E-state index is 0.711. The van der Waals surface area contributed by atoms with E-state index in [0.717, 1.165) is 18.9 Å². The quantitative estimate of drug-likeness (QED) is 0.756. The second-order valence-corrected chi connectivity index (χ2v) is 5.27. The highest BCUT2D eigenvalue weighted by Crippen LogP contribution is 2.34. The highest BCUT2D eigenvalue weighted by molar-refractivity contribution is 5.23. The second-order valence-electron chi connectivity index (χ2n) is 5.27. The zero-order valence-corrected chi connectivity index (χ0v) is 11.2. The Bertz CT molecular complexity index is 324. The first-order valence-electron chi connectivity index (χ1n) is 7.14. The molecule has 1 unspecified atom stereocenters. The monoisotopic (exact) mass is 231 g/mol. The molecule has 0 bridgehead atoms. The minimum Gasteiger partial charge on any atom is -0.313 e. The SMILES string of the molecule is CCCNC(Cc1ccc(CC)cc1)C1CC1. The van der Waals surface area contributed by atoms with Crippen molar-refractivity contribution in [3.05, 3.63) is 35.4 Å². The van der Waals surface area contributed by atoms with Crippen LogP contribution in [0.4, 0.5) is 0 Å². The van der Waals surface area contributed by atoms with Gasteiger partial charge in [-0.2, -0.15) is 0 Å². The van der Waals surface area contributed by atoms with Gasteiger partial charge in [-0.15, -0.1) is 0 Å². The third-order valence-electron chi connectivity index (χ3n) is 3.73. The van der Waals surface area contributed by atoms with Gasteiger partial charge in [-0.05, 0) is 55.7 Å². The Morgan fingerprint density at radius 1 is 1.12 bits per heavy atom. The molecule has 1 N–H and O–H groups in total. The molecule has 0 radical (unpaired) electrons. The maximum absolute atomic E-state index is 3.71. The summed E-state index contributed by atoms with van der Waals surface area (Å²) >= 11 is 0. The van der Waals surface area contributed by atoms with Crippen molar-refractivity contribution < 1.29 is 0 Å². The molecule has 1 aliphatic carbocycles. The van der Waals surface area contributed by atoms with Crippen molar-refractivity contribution in [2.24, 2.45) is 5.92 Å². The van der Waals surface area contributed by atoms with Crippen LogP contribution in [-0.2, 0) is 12.8 Å². The summed E-state index contributed by atoms with van der Waals surface area (Å²) in [6.07, 6.45) is 6.43. The zero-order valence-electron chi connectivity index (χ0n) is 11.2. The summed E-state index contributed by atoms with van der Waals surface area (Å²) in [4.78, 5) is 0. The summed E-state index contributed by atoms with van der Waals surface area (Å²) in [5.74, 6) is 0.937. The van der Waals surface area contributed by atoms with Crippen LogP contribution in [0, 0.1) is 5.92 Å². The lowest BCUT2D eigenvalue weighted by atomic mass is 10.0. The predicted octanol–water partition coefficient (Wildman–Crippen LogP) is 3.57. The molecule has 0 aromatic heterocycles. The van der Waals surface area contributed by atoms with E-state index in [1.165, 1.54) is 36.8 Å². The number of hydrogen-bond donors (Lipinski definition) is 1. The fourth-order valence-electron chi connectivity index (χ4n) is 2.40. The van der Waals surface area contributed by atoms with Crippen molar-refractivity contribution in [1.82, 2.24) is 5.32 Å². The van der Waals surface area contributed by atoms with Crippen molar-refractivity contribution in [3.63, 3.8) is 0 Å². The summed E-state index contributed by atoms with van der Waals surface area (Å²) in [6, 6.07) is 9.88. The molecule has 1 atom stereocenters. The summed E-state index contributed by atoms with van der Waals surface area (Å²) in [5.41, 5.74) is 2.93. The van der Waals surface area contributed by atoms with E-state index in [0.29, 0.717) is 6.04 Å². The highest BCUT2D eigenvalue weighted by atomic mass is 14.9. The molecule has 0 amide bonds. The molecule has 17 heavy (non-hydrogen) atoms. The number of rotatable bonds is 7. The molecule has 1 nitrogen and oxygen atoms in total. The van der Waals surface area contributed by atoms with Gasteiger partial charge < -0.3 is 5.32 Å². The Balaban J connectivity index is 1.91. The van der Waals surface area contributed by atoms with E-state index in [-0.39, 0.29) is 0 Å². The first-order valence-corrected chi connectivity index (χ1v) is 7.14. The fourth-order valence-corrected chi connectivity index (χ4v) is 2.40. The fraction of sp³-hybridized carbons (Fsp3) is 0.625. The summed E-state index contributed by atoms with van der Waals surface area (Å²) in [5, 5.41) is 3.71. The van der Waals surface area contributed by atoms with Crippen molar-refractivity contribution >= 4 is 0 Å². The van der Waals surface area contributed by atoms with Gasteiger partial charge >= 0.3 is 0 Å². The molecule has 2 rings (SSSR count). The third-order valence-corrected chi connectivity index (χ3v) is 3.73. The van der Waals surface area contributed by atoms with Crippen LogP contribution in [0.2, 0.25) is 0 Å². The average Bonchev–Trinajstić information content (AvgIpc) is 3.19. The van der Waals surface area contributed by atoms with Crippen LogP contribution in [0.15, 0.2) is 24.3 Å². The third kappa shape index (κ3) is 3.85. The van der Waals surface area contributed by atoms with Gasteiger partial charge in [0.25, 0.3) is 0 Å². The number of benzene rings is 1. The van der Waals surface area contributed by atoms with Gasteiger partial charge in [0.2, 0.25) is 0 Å². The lowest BCUT2D eigenvalue weighted by Crippen LogP contribution is -2.33. The van der Waals surface area contributed by atoms with Gasteiger partial charge in [-0.25, -0.2) is 0 Å². The smallest absolute Gasteiger partial charge is 0.0136 e. The van der Waals surface area contributed by atoms with Crippen molar-refractivity contribution in [1.29, 1.82) is 0 Å². The van der Waals surface area contributed by atoms with Crippen LogP contribution in [0.25, 0.3) is 0 Å². The van der Waals surface area contributed by atoms with Crippen LogP contribution >= 0.6 is 0 Å². The Morgan fingerprint density at radius 3 is 2.29 bits per heavy atom. The lowest BCUT2D eigenvalue weighted by molar-refractivity contribution is 0.460. The molecule has 0 aliphatic heterocycles. The van der Waals surface area contributed by atoms with E-state index >= 15 is 0 Å². The van der Waals surface area contributed by atoms with Crippen molar-refractivity contribution in [2.45, 2.75) is 52.0 Å². The average molecular weight is 231 g/mol. The highest BCUT2D eigenvalue weighted by Gasteiger charge is 2.30. The van der Waals surface area contributed by atoms with E-state index in [9.17, 15) is 0 Å². The Labute approximate surface area is 106 Å². The topological polar surface area (TPSA) is 12.0 Å². The molecular formula is C16H25N. The summed E-state index contributed by atoms with van der Waals surface area (Å²) in [6.45, 7) is 5.62. The van der Waals surface area contributed by atoms with Gasteiger partial charge in [0.05, 0.1) is 0 Å². The molecule has 1 aromatic rings. The molecule has 1 heteroatoms. The molecular weight excluding hydrogens is 206 g/mol. The van der Waals surface area contributed by atoms with Crippen LogP contribution in [-0.4, -0.2) is 12.6 Å². The summed E-state index contributed by atoms with van der Waals surface area (Å²) in [7, 11) is 0. The van der Waals surface area contributed by atoms with Gasteiger partial charge in [0.1, 0.15) is 0 Å². The standard InChI is InChI=1S/C16H25N/c1-3-11-17-16(15-9-10-15)12-14-7-5-13(4-2)6-8-14/h5-8,15-17H,3-4,9-12H2,1-2H3. The Morgan fingerprint density at radius 2 is 1.76 bits per heavy atom. The number of aryl methyl sites for hydroxylation is 1. The number of hydrogen-bond acceptors (Lipinski definition) is 1. The van der Waals surface area contributed by atoms with Crippen LogP contribution in [0.5, 0.6) is 0 Å². The lowest BCUT2D eigenvalue weighted by Gasteiger charge is -2.18. The molecule has 1 saturated carbocycles. The molecule has 1 aromatic carbocycles. The van der Waals surface area contributed by atoms with Gasteiger partial charge in [-0.1, -0.05) is 38.1 Å². The molecule has 0 spiro atoms. The van der Waals surface area contributed by atoms with E-state index in [1.807, 2.05) is 0 Å². The summed E-state index contributed by atoms with van der Waals surface area (Å²) < 4.78 is 0. The zero-order chi connectivity index (χ0) is 12.1. The van der Waals surface area contributed by atoms with Crippen molar-refractivity contribution in [3.8, 4) is 0 Å². The van der Waals surface area contributed by atoms with Gasteiger partial charge in [0, 0.05) is 6.04 Å². The molecule has 0 heterocycles. The van der Waals surface area contributed by atoms with Crippen LogP contribution in [0.1, 0.15) is 44.2 Å². The van der Waals surface area contributed by atoms with E-state index in [2.05, 4.69) is 43.4 Å². The maximum atomic E-state index is 3.71. The molecule has 1 aliphatic rings. The molecule has 94 valence electrons. The number of nitrogens with one attached hydrogen (secondary N) is 1. The Kier molecular flexibility index (Phi) is 4.61. The first kappa shape index (κ1) is 12.6. The largest absolute Gasteiger partial charge is 0.313 e. The second kappa shape index (κ2) is 6.20. The van der Waals surface area contributed by atoms with Crippen LogP contribution < -0.4 is 5.32 Å². The van der Waals surface area contributed by atoms with Gasteiger partial charge in [-0.3, -0.25) is 0 Å². The maximum Gasteiger partial charge on any atom is 0.0136 e. The van der Waals surface area contributed by atoms with Gasteiger partial charge in [0.15, 0.2) is 0 Å². The predicted molar refractivity (Wildman–Crippen MR) is 74.3 cm³/mol.